The highest BCUT2D eigenvalue weighted by Crippen LogP contribution is 2.42. The number of pyridine rings is 1. The summed E-state index contributed by atoms with van der Waals surface area (Å²) in [5.74, 6) is 0.440. The Hall–Kier alpha value is -2.77. The zero-order valence-electron chi connectivity index (χ0n) is 21.9. The second kappa shape index (κ2) is 11.8. The van der Waals surface area contributed by atoms with Crippen LogP contribution < -0.4 is 5.32 Å². The third-order valence-electron chi connectivity index (χ3n) is 8.40. The number of rotatable bonds is 8. The maximum atomic E-state index is 12.5. The Morgan fingerprint density at radius 3 is 2.49 bits per heavy atom. The molecule has 202 valence electrons. The van der Waals surface area contributed by atoms with Gasteiger partial charge in [-0.15, -0.1) is 11.3 Å². The van der Waals surface area contributed by atoms with E-state index in [4.69, 9.17) is 11.6 Å². The molecule has 2 aliphatic rings. The van der Waals surface area contributed by atoms with Gasteiger partial charge in [0.1, 0.15) is 6.23 Å². The third-order valence-corrected chi connectivity index (χ3v) is 10.1. The molecule has 2 saturated carbocycles. The Morgan fingerprint density at radius 1 is 1.00 bits per heavy atom. The summed E-state index contributed by atoms with van der Waals surface area (Å²) in [6, 6.07) is 21.0. The standard InChI is InChI=1S/C32H34ClN3O2S/c33-29-27-9-1-2-10-28(27)39-30(29)32(38)36(20-21-5-3-8-24(19-21)22-15-17-34-18-16-22)26-13-11-25(12-14-26)35-31(37)23-6-4-7-23/h1-3,5,8-10,15-19,23,25-26,32,38H,4,6-7,11-14,20H2,(H,35,37). The highest BCUT2D eigenvalue weighted by Gasteiger charge is 2.34. The largest absolute Gasteiger partial charge is 0.373 e. The second-order valence-corrected chi connectivity index (χ2v) is 12.4. The van der Waals surface area contributed by atoms with Crippen molar-refractivity contribution in [2.45, 2.75) is 69.8 Å². The molecule has 0 bridgehead atoms. The van der Waals surface area contributed by atoms with Gasteiger partial charge in [-0.2, -0.15) is 0 Å². The van der Waals surface area contributed by atoms with Crippen LogP contribution >= 0.6 is 22.9 Å². The van der Waals surface area contributed by atoms with E-state index in [1.54, 1.807) is 11.3 Å². The van der Waals surface area contributed by atoms with E-state index in [1.807, 2.05) is 42.7 Å². The average Bonchev–Trinajstić information content (AvgIpc) is 3.28. The van der Waals surface area contributed by atoms with Crippen molar-refractivity contribution < 1.29 is 9.90 Å². The predicted molar refractivity (Wildman–Crippen MR) is 159 cm³/mol. The van der Waals surface area contributed by atoms with E-state index >= 15 is 0 Å². The summed E-state index contributed by atoms with van der Waals surface area (Å²) >= 11 is 8.41. The summed E-state index contributed by atoms with van der Waals surface area (Å²) in [5.41, 5.74) is 3.39. The lowest BCUT2D eigenvalue weighted by Crippen LogP contribution is -2.46. The first-order chi connectivity index (χ1) is 19.1. The minimum absolute atomic E-state index is 0.183. The lowest BCUT2D eigenvalue weighted by molar-refractivity contribution is -0.128. The van der Waals surface area contributed by atoms with Crippen LogP contribution in [0.25, 0.3) is 21.2 Å². The Morgan fingerprint density at radius 2 is 1.77 bits per heavy atom. The van der Waals surface area contributed by atoms with Gasteiger partial charge < -0.3 is 10.4 Å². The van der Waals surface area contributed by atoms with Crippen molar-refractivity contribution in [3.05, 3.63) is 88.5 Å². The maximum absolute atomic E-state index is 12.5. The molecule has 4 aromatic rings. The van der Waals surface area contributed by atoms with Crippen LogP contribution in [-0.4, -0.2) is 33.0 Å². The van der Waals surface area contributed by atoms with Gasteiger partial charge in [0.2, 0.25) is 5.91 Å². The van der Waals surface area contributed by atoms with Gasteiger partial charge in [0.25, 0.3) is 0 Å². The van der Waals surface area contributed by atoms with Crippen molar-refractivity contribution in [2.75, 3.05) is 0 Å². The molecule has 2 aromatic carbocycles. The van der Waals surface area contributed by atoms with E-state index in [0.717, 1.165) is 70.2 Å². The molecule has 1 atom stereocenters. The zero-order valence-corrected chi connectivity index (χ0v) is 23.5. The number of aromatic nitrogens is 1. The van der Waals surface area contributed by atoms with E-state index < -0.39 is 6.23 Å². The molecule has 0 spiro atoms. The first-order valence-electron chi connectivity index (χ1n) is 14.0. The molecule has 2 heterocycles. The van der Waals surface area contributed by atoms with Crippen LogP contribution in [0.2, 0.25) is 5.02 Å². The van der Waals surface area contributed by atoms with Crippen LogP contribution in [0.1, 0.15) is 61.6 Å². The summed E-state index contributed by atoms with van der Waals surface area (Å²) < 4.78 is 1.08. The normalized spacial score (nSPS) is 20.6. The maximum Gasteiger partial charge on any atom is 0.223 e. The van der Waals surface area contributed by atoms with Gasteiger partial charge in [-0.1, -0.05) is 54.4 Å². The molecule has 6 rings (SSSR count). The van der Waals surface area contributed by atoms with Gasteiger partial charge in [-0.25, -0.2) is 0 Å². The smallest absolute Gasteiger partial charge is 0.223 e. The second-order valence-electron chi connectivity index (χ2n) is 10.9. The Kier molecular flexibility index (Phi) is 7.98. The number of aliphatic hydroxyl groups is 1. The van der Waals surface area contributed by atoms with Gasteiger partial charge in [0.05, 0.1) is 9.90 Å². The van der Waals surface area contributed by atoms with Crippen LogP contribution in [0.4, 0.5) is 0 Å². The number of amides is 1. The molecule has 0 saturated heterocycles. The van der Waals surface area contributed by atoms with E-state index in [2.05, 4.69) is 45.5 Å². The summed E-state index contributed by atoms with van der Waals surface area (Å²) in [4.78, 5) is 19.7. The van der Waals surface area contributed by atoms with E-state index in [0.29, 0.717) is 11.6 Å². The molecule has 1 unspecified atom stereocenters. The SMILES string of the molecule is O=C(NC1CCC(N(Cc2cccc(-c3ccncc3)c2)C(O)c2sc3ccccc3c2Cl)CC1)C1CCC1. The van der Waals surface area contributed by atoms with Gasteiger partial charge >= 0.3 is 0 Å². The Balaban J connectivity index is 1.24. The zero-order chi connectivity index (χ0) is 26.8. The van der Waals surface area contributed by atoms with E-state index in [9.17, 15) is 9.90 Å². The number of carbonyl (C=O) groups excluding carboxylic acids is 1. The molecule has 2 aliphatic carbocycles. The molecule has 1 amide bonds. The minimum atomic E-state index is -0.814. The number of aliphatic hydroxyl groups excluding tert-OH is 1. The number of halogens is 1. The summed E-state index contributed by atoms with van der Waals surface area (Å²) in [7, 11) is 0. The Bertz CT molecular complexity index is 1430. The molecule has 2 fully saturated rings. The highest BCUT2D eigenvalue weighted by molar-refractivity contribution is 7.19. The number of hydrogen-bond donors (Lipinski definition) is 2. The highest BCUT2D eigenvalue weighted by atomic mass is 35.5. The first kappa shape index (κ1) is 26.5. The van der Waals surface area contributed by atoms with Crippen molar-refractivity contribution in [3.8, 4) is 11.1 Å². The summed E-state index contributed by atoms with van der Waals surface area (Å²) in [5, 5.41) is 16.8. The van der Waals surface area contributed by atoms with Crippen LogP contribution in [-0.2, 0) is 11.3 Å². The molecule has 7 heteroatoms. The third kappa shape index (κ3) is 5.75. The number of hydrogen-bond acceptors (Lipinski definition) is 5. The van der Waals surface area contributed by atoms with Crippen LogP contribution in [0.15, 0.2) is 73.1 Å². The average molecular weight is 560 g/mol. The molecule has 0 aliphatic heterocycles. The van der Waals surface area contributed by atoms with Crippen LogP contribution in [0.5, 0.6) is 0 Å². The van der Waals surface area contributed by atoms with Crippen molar-refractivity contribution >= 4 is 38.9 Å². The quantitative estimate of drug-likeness (QED) is 0.222. The number of nitrogens with one attached hydrogen (secondary N) is 1. The van der Waals surface area contributed by atoms with Gasteiger partial charge in [0.15, 0.2) is 0 Å². The Labute approximate surface area is 238 Å². The molecule has 39 heavy (non-hydrogen) atoms. The van der Waals surface area contributed by atoms with Gasteiger partial charge in [-0.05, 0) is 79.5 Å². The fourth-order valence-electron chi connectivity index (χ4n) is 5.91. The lowest BCUT2D eigenvalue weighted by atomic mass is 9.83. The molecular formula is C32H34ClN3O2S. The number of nitrogens with zero attached hydrogens (tertiary/aromatic N) is 2. The number of fused-ring (bicyclic) bond motifs is 1. The fraction of sp³-hybridized carbons (Fsp3) is 0.375. The van der Waals surface area contributed by atoms with E-state index in [-0.39, 0.29) is 23.9 Å². The lowest BCUT2D eigenvalue weighted by Gasteiger charge is -2.40. The summed E-state index contributed by atoms with van der Waals surface area (Å²) in [6.45, 7) is 0.606. The van der Waals surface area contributed by atoms with Crippen molar-refractivity contribution in [1.29, 1.82) is 0 Å². The molecule has 2 N–H and O–H groups in total. The van der Waals surface area contributed by atoms with Crippen molar-refractivity contribution in [1.82, 2.24) is 15.2 Å². The van der Waals surface area contributed by atoms with Crippen LogP contribution in [0.3, 0.4) is 0 Å². The number of benzene rings is 2. The fourth-order valence-corrected chi connectivity index (χ4v) is 7.45. The van der Waals surface area contributed by atoms with Gasteiger partial charge in [-0.3, -0.25) is 14.7 Å². The summed E-state index contributed by atoms with van der Waals surface area (Å²) in [6.07, 6.45) is 9.69. The topological polar surface area (TPSA) is 65.5 Å². The first-order valence-corrected chi connectivity index (χ1v) is 15.2. The van der Waals surface area contributed by atoms with Crippen molar-refractivity contribution in [2.24, 2.45) is 5.92 Å². The predicted octanol–water partition coefficient (Wildman–Crippen LogP) is 7.34. The van der Waals surface area contributed by atoms with E-state index in [1.165, 1.54) is 6.42 Å². The molecule has 5 nitrogen and oxygen atoms in total. The number of thiophene rings is 1. The molecule has 0 radical (unpaired) electrons. The molecule has 2 aromatic heterocycles. The number of carbonyl (C=O) groups is 1. The van der Waals surface area contributed by atoms with Crippen molar-refractivity contribution in [3.63, 3.8) is 0 Å². The van der Waals surface area contributed by atoms with Crippen LogP contribution in [0, 0.1) is 5.92 Å². The van der Waals surface area contributed by atoms with Gasteiger partial charge in [0, 0.05) is 47.0 Å². The monoisotopic (exact) mass is 559 g/mol. The minimum Gasteiger partial charge on any atom is -0.373 e. The molecular weight excluding hydrogens is 526 g/mol.